The summed E-state index contributed by atoms with van der Waals surface area (Å²) in [5, 5.41) is 0.748. The first-order valence-electron chi connectivity index (χ1n) is 8.48. The number of fused-ring (bicyclic) bond motifs is 1. The highest BCUT2D eigenvalue weighted by Crippen LogP contribution is 2.31. The second kappa shape index (κ2) is 6.61. The molecule has 132 valence electrons. The predicted octanol–water partition coefficient (Wildman–Crippen LogP) is 3.41. The summed E-state index contributed by atoms with van der Waals surface area (Å²) in [6.07, 6.45) is 0.624. The van der Waals surface area contributed by atoms with Gasteiger partial charge < -0.3 is 4.74 Å². The van der Waals surface area contributed by atoms with Crippen LogP contribution in [0.4, 0.5) is 0 Å². The second-order valence-electron chi connectivity index (χ2n) is 6.33. The van der Waals surface area contributed by atoms with Crippen LogP contribution in [0.25, 0.3) is 16.6 Å². The van der Waals surface area contributed by atoms with Gasteiger partial charge in [-0.05, 0) is 43.2 Å². The molecule has 4 rings (SSSR count). The molecule has 1 saturated heterocycles. The molecule has 0 unspecified atom stereocenters. The van der Waals surface area contributed by atoms with Crippen molar-refractivity contribution in [2.24, 2.45) is 0 Å². The highest BCUT2D eigenvalue weighted by molar-refractivity contribution is 8.00. The number of para-hydroxylation sites is 1. The van der Waals surface area contributed by atoms with Gasteiger partial charge in [-0.25, -0.2) is 4.98 Å². The molecule has 0 spiro atoms. The summed E-state index contributed by atoms with van der Waals surface area (Å²) in [5.74, 6) is -0.245. The van der Waals surface area contributed by atoms with Crippen molar-refractivity contribution < 1.29 is 9.53 Å². The average Bonchev–Trinajstić information content (AvgIpc) is 3.03. The van der Waals surface area contributed by atoms with E-state index in [0.717, 1.165) is 16.8 Å². The molecule has 5 nitrogen and oxygen atoms in total. The standard InChI is InChI=1S/C20H18N2O3S/c1-12-6-5-9-16(13(12)2)22-18(23)14-7-3-4-8-15(14)21-20(22)26-17-10-11-25-19(17)24/h3-9,17H,10-11H2,1-2H3/t17-/m0/s1. The number of carbonyl (C=O) groups is 1. The molecule has 2 aromatic carbocycles. The molecular weight excluding hydrogens is 348 g/mol. The lowest BCUT2D eigenvalue weighted by molar-refractivity contribution is -0.137. The zero-order chi connectivity index (χ0) is 18.3. The Bertz CT molecular complexity index is 1070. The van der Waals surface area contributed by atoms with Gasteiger partial charge in [0.05, 0.1) is 23.2 Å². The molecule has 3 aromatic rings. The van der Waals surface area contributed by atoms with Gasteiger partial charge in [0.1, 0.15) is 5.25 Å². The second-order valence-corrected chi connectivity index (χ2v) is 7.50. The van der Waals surface area contributed by atoms with Crippen LogP contribution in [-0.4, -0.2) is 27.4 Å². The van der Waals surface area contributed by atoms with Crippen LogP contribution in [0.1, 0.15) is 17.5 Å². The maximum absolute atomic E-state index is 13.3. The quantitative estimate of drug-likeness (QED) is 0.525. The van der Waals surface area contributed by atoms with Crippen LogP contribution in [0.15, 0.2) is 52.4 Å². The molecule has 1 atom stereocenters. The van der Waals surface area contributed by atoms with Gasteiger partial charge in [-0.2, -0.15) is 0 Å². The third-order valence-corrected chi connectivity index (χ3v) is 5.89. The number of aryl methyl sites for hydroxylation is 1. The minimum absolute atomic E-state index is 0.127. The minimum atomic E-state index is -0.334. The van der Waals surface area contributed by atoms with E-state index in [1.165, 1.54) is 11.8 Å². The van der Waals surface area contributed by atoms with Crippen LogP contribution >= 0.6 is 11.8 Å². The summed E-state index contributed by atoms with van der Waals surface area (Å²) in [5.41, 5.74) is 3.41. The van der Waals surface area contributed by atoms with E-state index in [2.05, 4.69) is 0 Å². The molecular formula is C20H18N2O3S. The SMILES string of the molecule is Cc1cccc(-n2c(S[C@H]3CCOC3=O)nc3ccccc3c2=O)c1C. The maximum atomic E-state index is 13.3. The lowest BCUT2D eigenvalue weighted by atomic mass is 10.1. The zero-order valence-electron chi connectivity index (χ0n) is 14.6. The number of ether oxygens (including phenoxy) is 1. The van der Waals surface area contributed by atoms with Gasteiger partial charge in [-0.3, -0.25) is 14.2 Å². The first-order chi connectivity index (χ1) is 12.6. The van der Waals surface area contributed by atoms with E-state index in [1.54, 1.807) is 10.6 Å². The van der Waals surface area contributed by atoms with E-state index in [9.17, 15) is 9.59 Å². The van der Waals surface area contributed by atoms with Crippen LogP contribution in [0.3, 0.4) is 0 Å². The van der Waals surface area contributed by atoms with Crippen LogP contribution in [-0.2, 0) is 9.53 Å². The monoisotopic (exact) mass is 366 g/mol. The highest BCUT2D eigenvalue weighted by Gasteiger charge is 2.30. The fourth-order valence-electron chi connectivity index (χ4n) is 3.09. The summed E-state index contributed by atoms with van der Waals surface area (Å²) in [7, 11) is 0. The Kier molecular flexibility index (Phi) is 4.28. The summed E-state index contributed by atoms with van der Waals surface area (Å²) < 4.78 is 6.69. The first kappa shape index (κ1) is 16.8. The van der Waals surface area contributed by atoms with Gasteiger partial charge >= 0.3 is 5.97 Å². The number of thioether (sulfide) groups is 1. The Morgan fingerprint density at radius 2 is 1.92 bits per heavy atom. The van der Waals surface area contributed by atoms with E-state index >= 15 is 0 Å². The fourth-order valence-corrected chi connectivity index (χ4v) is 4.16. The van der Waals surface area contributed by atoms with Gasteiger partial charge in [-0.1, -0.05) is 36.0 Å². The molecule has 0 N–H and O–H groups in total. The largest absolute Gasteiger partial charge is 0.465 e. The molecule has 26 heavy (non-hydrogen) atoms. The molecule has 1 aromatic heterocycles. The Morgan fingerprint density at radius 1 is 1.12 bits per heavy atom. The number of esters is 1. The van der Waals surface area contributed by atoms with Crippen molar-refractivity contribution in [1.29, 1.82) is 0 Å². The summed E-state index contributed by atoms with van der Waals surface area (Å²) in [4.78, 5) is 29.9. The van der Waals surface area contributed by atoms with Gasteiger partial charge in [0.2, 0.25) is 0 Å². The van der Waals surface area contributed by atoms with Crippen LogP contribution in [0.5, 0.6) is 0 Å². The number of hydrogen-bond donors (Lipinski definition) is 0. The Hall–Kier alpha value is -2.60. The lowest BCUT2D eigenvalue weighted by Crippen LogP contribution is -2.24. The molecule has 1 aliphatic rings. The molecule has 2 heterocycles. The van der Waals surface area contributed by atoms with Gasteiger partial charge in [0.15, 0.2) is 5.16 Å². The zero-order valence-corrected chi connectivity index (χ0v) is 15.4. The highest BCUT2D eigenvalue weighted by atomic mass is 32.2. The third kappa shape index (κ3) is 2.80. The number of benzene rings is 2. The summed E-state index contributed by atoms with van der Waals surface area (Å²) in [6.45, 7) is 4.42. The minimum Gasteiger partial charge on any atom is -0.465 e. The van der Waals surface area contributed by atoms with Crippen molar-refractivity contribution in [3.63, 3.8) is 0 Å². The molecule has 1 aliphatic heterocycles. The van der Waals surface area contributed by atoms with E-state index in [1.807, 2.05) is 50.2 Å². The van der Waals surface area contributed by atoms with Crippen molar-refractivity contribution in [3.05, 3.63) is 63.9 Å². The fraction of sp³-hybridized carbons (Fsp3) is 0.250. The number of cyclic esters (lactones) is 1. The molecule has 0 amide bonds. The number of nitrogens with zero attached hydrogens (tertiary/aromatic N) is 2. The topological polar surface area (TPSA) is 61.2 Å². The van der Waals surface area contributed by atoms with Crippen molar-refractivity contribution >= 4 is 28.6 Å². The predicted molar refractivity (Wildman–Crippen MR) is 102 cm³/mol. The molecule has 6 heteroatoms. The third-order valence-electron chi connectivity index (χ3n) is 4.70. The van der Waals surface area contributed by atoms with E-state index < -0.39 is 0 Å². The number of hydrogen-bond acceptors (Lipinski definition) is 5. The molecule has 0 bridgehead atoms. The Balaban J connectivity index is 1.98. The molecule has 1 fully saturated rings. The molecule has 0 radical (unpaired) electrons. The van der Waals surface area contributed by atoms with Gasteiger partial charge in [-0.15, -0.1) is 0 Å². The van der Waals surface area contributed by atoms with Gasteiger partial charge in [0, 0.05) is 6.42 Å². The van der Waals surface area contributed by atoms with Crippen LogP contribution in [0.2, 0.25) is 0 Å². The first-order valence-corrected chi connectivity index (χ1v) is 9.36. The van der Waals surface area contributed by atoms with E-state index in [-0.39, 0.29) is 16.8 Å². The molecule has 0 aliphatic carbocycles. The van der Waals surface area contributed by atoms with Crippen molar-refractivity contribution in [2.45, 2.75) is 30.7 Å². The van der Waals surface area contributed by atoms with Crippen LogP contribution in [0, 0.1) is 13.8 Å². The van der Waals surface area contributed by atoms with E-state index in [0.29, 0.717) is 29.1 Å². The summed E-state index contributed by atoms with van der Waals surface area (Å²) >= 11 is 1.30. The van der Waals surface area contributed by atoms with Crippen molar-refractivity contribution in [3.8, 4) is 5.69 Å². The maximum Gasteiger partial charge on any atom is 0.319 e. The Morgan fingerprint density at radius 3 is 2.69 bits per heavy atom. The smallest absolute Gasteiger partial charge is 0.319 e. The summed E-state index contributed by atoms with van der Waals surface area (Å²) in [6, 6.07) is 13.1. The number of carbonyl (C=O) groups excluding carboxylic acids is 1. The average molecular weight is 366 g/mol. The van der Waals surface area contributed by atoms with Crippen molar-refractivity contribution in [1.82, 2.24) is 9.55 Å². The normalized spacial score (nSPS) is 16.8. The van der Waals surface area contributed by atoms with Crippen molar-refractivity contribution in [2.75, 3.05) is 6.61 Å². The molecule has 0 saturated carbocycles. The van der Waals surface area contributed by atoms with E-state index in [4.69, 9.17) is 9.72 Å². The van der Waals surface area contributed by atoms with Crippen LogP contribution < -0.4 is 5.56 Å². The number of aromatic nitrogens is 2. The Labute approximate surface area is 155 Å². The van der Waals surface area contributed by atoms with Gasteiger partial charge in [0.25, 0.3) is 5.56 Å². The number of rotatable bonds is 3. The lowest BCUT2D eigenvalue weighted by Gasteiger charge is -2.17.